The molecule has 0 aliphatic carbocycles. The summed E-state index contributed by atoms with van der Waals surface area (Å²) in [7, 11) is 4.97. The second-order valence-corrected chi connectivity index (χ2v) is 6.99. The van der Waals surface area contributed by atoms with Crippen LogP contribution in [0.5, 0.6) is 17.2 Å². The maximum absolute atomic E-state index is 12.9. The van der Waals surface area contributed by atoms with Crippen molar-refractivity contribution in [3.05, 3.63) is 59.0 Å². The Morgan fingerprint density at radius 2 is 2.00 bits per heavy atom. The van der Waals surface area contributed by atoms with Gasteiger partial charge in [-0.25, -0.2) is 4.79 Å². The van der Waals surface area contributed by atoms with E-state index in [0.29, 0.717) is 22.6 Å². The number of carbonyl (C=O) groups is 2. The highest BCUT2D eigenvalue weighted by Crippen LogP contribution is 2.40. The van der Waals surface area contributed by atoms with Crippen LogP contribution in [0, 0.1) is 6.92 Å². The lowest BCUT2D eigenvalue weighted by Gasteiger charge is -2.09. The monoisotopic (exact) mass is 407 g/mol. The predicted octanol–water partition coefficient (Wildman–Crippen LogP) is 3.66. The van der Waals surface area contributed by atoms with Crippen molar-refractivity contribution >= 4 is 28.7 Å². The third kappa shape index (κ3) is 3.33. The molecule has 4 rings (SSSR count). The number of benzene rings is 2. The van der Waals surface area contributed by atoms with Gasteiger partial charge >= 0.3 is 5.97 Å². The standard InChI is InChI=1S/C23H21NO6/c1-13-19(29-21(25)12-27-3)8-6-16-22(26)20(30-23(13)16)9-14-11-24(2)18-7-5-15(28-4)10-17(14)18/h5-11H,12H2,1-4H3/b20-9-. The molecule has 1 aliphatic heterocycles. The molecule has 0 amide bonds. The number of aryl methyl sites for hydroxylation is 1. The van der Waals surface area contributed by atoms with Crippen LogP contribution in [0.15, 0.2) is 42.3 Å². The van der Waals surface area contributed by atoms with Crippen LogP contribution in [-0.2, 0) is 16.6 Å². The first kappa shape index (κ1) is 19.7. The summed E-state index contributed by atoms with van der Waals surface area (Å²) in [6, 6.07) is 8.98. The summed E-state index contributed by atoms with van der Waals surface area (Å²) >= 11 is 0. The molecule has 154 valence electrons. The first-order valence-corrected chi connectivity index (χ1v) is 9.33. The lowest BCUT2D eigenvalue weighted by molar-refractivity contribution is -0.138. The summed E-state index contributed by atoms with van der Waals surface area (Å²) in [6.45, 7) is 1.58. The maximum atomic E-state index is 12.9. The van der Waals surface area contributed by atoms with E-state index in [1.54, 1.807) is 32.2 Å². The third-order valence-electron chi connectivity index (χ3n) is 5.04. The number of allylic oxidation sites excluding steroid dienone is 1. The number of Topliss-reactive ketones (excluding diaryl/α,β-unsaturated/α-hetero) is 1. The zero-order valence-electron chi connectivity index (χ0n) is 17.1. The smallest absolute Gasteiger partial charge is 0.337 e. The Labute approximate surface area is 173 Å². The van der Waals surface area contributed by atoms with E-state index in [4.69, 9.17) is 18.9 Å². The Hall–Kier alpha value is -3.58. The molecule has 0 N–H and O–H groups in total. The highest BCUT2D eigenvalue weighted by molar-refractivity contribution is 6.15. The van der Waals surface area contributed by atoms with Gasteiger partial charge in [-0.05, 0) is 43.3 Å². The summed E-state index contributed by atoms with van der Waals surface area (Å²) in [5, 5.41) is 0.947. The molecule has 0 radical (unpaired) electrons. The van der Waals surface area contributed by atoms with Crippen molar-refractivity contribution in [2.75, 3.05) is 20.8 Å². The zero-order valence-corrected chi connectivity index (χ0v) is 17.1. The van der Waals surface area contributed by atoms with Crippen molar-refractivity contribution in [1.29, 1.82) is 0 Å². The molecule has 1 aliphatic rings. The molecular weight excluding hydrogens is 386 g/mol. The number of esters is 1. The van der Waals surface area contributed by atoms with Crippen molar-refractivity contribution in [3.63, 3.8) is 0 Å². The van der Waals surface area contributed by atoms with E-state index in [2.05, 4.69) is 0 Å². The summed E-state index contributed by atoms with van der Waals surface area (Å²) in [4.78, 5) is 24.6. The van der Waals surface area contributed by atoms with Crippen LogP contribution in [0.3, 0.4) is 0 Å². The number of methoxy groups -OCH3 is 2. The fourth-order valence-corrected chi connectivity index (χ4v) is 3.53. The minimum Gasteiger partial charge on any atom is -0.497 e. The van der Waals surface area contributed by atoms with Crippen LogP contribution < -0.4 is 14.2 Å². The van der Waals surface area contributed by atoms with Gasteiger partial charge in [-0.1, -0.05) is 0 Å². The molecule has 0 atom stereocenters. The Kier molecular flexibility index (Phi) is 5.05. The molecule has 2 aromatic carbocycles. The Morgan fingerprint density at radius 3 is 2.73 bits per heavy atom. The van der Waals surface area contributed by atoms with Gasteiger partial charge in [-0.15, -0.1) is 0 Å². The first-order chi connectivity index (χ1) is 14.4. The lowest BCUT2D eigenvalue weighted by atomic mass is 10.1. The molecule has 2 heterocycles. The number of hydrogen-bond acceptors (Lipinski definition) is 6. The third-order valence-corrected chi connectivity index (χ3v) is 5.04. The molecule has 30 heavy (non-hydrogen) atoms. The highest BCUT2D eigenvalue weighted by Gasteiger charge is 2.30. The Balaban J connectivity index is 1.71. The number of fused-ring (bicyclic) bond motifs is 2. The maximum Gasteiger partial charge on any atom is 0.337 e. The minimum atomic E-state index is -0.523. The van der Waals surface area contributed by atoms with Gasteiger partial charge in [-0.2, -0.15) is 0 Å². The number of rotatable bonds is 5. The van der Waals surface area contributed by atoms with E-state index >= 15 is 0 Å². The molecule has 0 unspecified atom stereocenters. The molecule has 0 saturated heterocycles. The lowest BCUT2D eigenvalue weighted by Crippen LogP contribution is -2.14. The van der Waals surface area contributed by atoms with E-state index in [1.165, 1.54) is 7.11 Å². The summed E-state index contributed by atoms with van der Waals surface area (Å²) in [6.07, 6.45) is 3.65. The first-order valence-electron chi connectivity index (χ1n) is 9.33. The SMILES string of the molecule is COCC(=O)Oc1ccc2c(c1C)O/C(=C\c1cn(C)c3ccc(OC)cc13)C2=O. The average Bonchev–Trinajstić information content (AvgIpc) is 3.21. The van der Waals surface area contributed by atoms with Crippen LogP contribution in [0.2, 0.25) is 0 Å². The molecule has 0 spiro atoms. The van der Waals surface area contributed by atoms with Crippen molar-refractivity contribution in [2.45, 2.75) is 6.92 Å². The molecule has 7 heteroatoms. The number of hydrogen-bond donors (Lipinski definition) is 0. The number of ether oxygens (including phenoxy) is 4. The number of ketones is 1. The molecule has 1 aromatic heterocycles. The van der Waals surface area contributed by atoms with Crippen LogP contribution >= 0.6 is 0 Å². The van der Waals surface area contributed by atoms with Gasteiger partial charge in [-0.3, -0.25) is 4.79 Å². The van der Waals surface area contributed by atoms with Crippen LogP contribution in [-0.4, -0.2) is 37.1 Å². The summed E-state index contributed by atoms with van der Waals surface area (Å²) in [5.41, 5.74) is 2.86. The summed E-state index contributed by atoms with van der Waals surface area (Å²) < 4.78 is 23.3. The van der Waals surface area contributed by atoms with Crippen molar-refractivity contribution in [1.82, 2.24) is 4.57 Å². The van der Waals surface area contributed by atoms with Crippen molar-refractivity contribution in [2.24, 2.45) is 7.05 Å². The zero-order chi connectivity index (χ0) is 21.4. The van der Waals surface area contributed by atoms with Gasteiger partial charge in [0.2, 0.25) is 5.78 Å². The molecule has 7 nitrogen and oxygen atoms in total. The quantitative estimate of drug-likeness (QED) is 0.365. The Morgan fingerprint density at radius 1 is 1.20 bits per heavy atom. The van der Waals surface area contributed by atoms with E-state index in [0.717, 1.165) is 22.2 Å². The molecule has 0 saturated carbocycles. The number of aromatic nitrogens is 1. The van der Waals surface area contributed by atoms with Gasteiger partial charge < -0.3 is 23.5 Å². The van der Waals surface area contributed by atoms with Gasteiger partial charge in [0.1, 0.15) is 23.9 Å². The van der Waals surface area contributed by atoms with Crippen molar-refractivity contribution < 1.29 is 28.5 Å². The van der Waals surface area contributed by atoms with Crippen LogP contribution in [0.25, 0.3) is 17.0 Å². The van der Waals surface area contributed by atoms with Crippen LogP contribution in [0.1, 0.15) is 21.5 Å². The second-order valence-electron chi connectivity index (χ2n) is 6.99. The topological polar surface area (TPSA) is 76.0 Å². The minimum absolute atomic E-state index is 0.161. The second kappa shape index (κ2) is 7.68. The van der Waals surface area contributed by atoms with E-state index in [-0.39, 0.29) is 18.1 Å². The predicted molar refractivity (Wildman–Crippen MR) is 111 cm³/mol. The number of carbonyl (C=O) groups excluding carboxylic acids is 2. The average molecular weight is 407 g/mol. The molecule has 3 aromatic rings. The van der Waals surface area contributed by atoms with Gasteiger partial charge in [0.05, 0.1) is 12.7 Å². The van der Waals surface area contributed by atoms with Crippen molar-refractivity contribution in [3.8, 4) is 17.2 Å². The van der Waals surface area contributed by atoms with E-state index < -0.39 is 5.97 Å². The fraction of sp³-hybridized carbons (Fsp3) is 0.217. The number of nitrogens with zero attached hydrogens (tertiary/aromatic N) is 1. The van der Waals surface area contributed by atoms with Gasteiger partial charge in [0, 0.05) is 42.4 Å². The fourth-order valence-electron chi connectivity index (χ4n) is 3.53. The van der Waals surface area contributed by atoms with E-state index in [1.807, 2.05) is 36.0 Å². The van der Waals surface area contributed by atoms with Crippen LogP contribution in [0.4, 0.5) is 0 Å². The molecule has 0 fully saturated rings. The van der Waals surface area contributed by atoms with Gasteiger partial charge in [0.15, 0.2) is 5.76 Å². The van der Waals surface area contributed by atoms with Gasteiger partial charge in [0.25, 0.3) is 0 Å². The highest BCUT2D eigenvalue weighted by atomic mass is 16.6. The van der Waals surface area contributed by atoms with E-state index in [9.17, 15) is 9.59 Å². The Bertz CT molecular complexity index is 1200. The largest absolute Gasteiger partial charge is 0.497 e. The molecular formula is C23H21NO6. The molecule has 0 bridgehead atoms. The summed E-state index contributed by atoms with van der Waals surface area (Å²) in [5.74, 6) is 0.928. The normalized spacial score (nSPS) is 14.1.